The molecule has 5 heteroatoms. The van der Waals surface area contributed by atoms with Crippen LogP contribution in [-0.4, -0.2) is 48.4 Å². The lowest BCUT2D eigenvalue weighted by molar-refractivity contribution is -0.122. The van der Waals surface area contributed by atoms with Gasteiger partial charge in [0, 0.05) is 24.7 Å². The van der Waals surface area contributed by atoms with Crippen molar-refractivity contribution < 1.29 is 9.59 Å². The maximum atomic E-state index is 12.2. The van der Waals surface area contributed by atoms with Gasteiger partial charge in [0.15, 0.2) is 0 Å². The highest BCUT2D eigenvalue weighted by atomic mass is 16.2. The number of benzene rings is 2. The predicted molar refractivity (Wildman–Crippen MR) is 123 cm³/mol. The van der Waals surface area contributed by atoms with Gasteiger partial charge in [-0.05, 0) is 63.1 Å². The lowest BCUT2D eigenvalue weighted by Gasteiger charge is -2.46. The molecule has 2 N–H and O–H groups in total. The summed E-state index contributed by atoms with van der Waals surface area (Å²) in [5.74, 6) is 0.359. The molecule has 2 aromatic carbocycles. The average molecular weight is 420 g/mol. The van der Waals surface area contributed by atoms with E-state index in [1.54, 1.807) is 6.07 Å². The molecule has 1 aliphatic carbocycles. The lowest BCUT2D eigenvalue weighted by atomic mass is 9.80. The summed E-state index contributed by atoms with van der Waals surface area (Å²) in [5, 5.41) is 5.76. The Labute approximate surface area is 185 Å². The lowest BCUT2D eigenvalue weighted by Crippen LogP contribution is -2.63. The summed E-state index contributed by atoms with van der Waals surface area (Å²) in [6.07, 6.45) is 4.94. The van der Waals surface area contributed by atoms with Crippen LogP contribution in [0.25, 0.3) is 0 Å². The summed E-state index contributed by atoms with van der Waals surface area (Å²) < 4.78 is 0. The zero-order valence-corrected chi connectivity index (χ0v) is 18.6. The molecule has 0 aromatic heterocycles. The van der Waals surface area contributed by atoms with Crippen molar-refractivity contribution in [2.45, 2.75) is 57.5 Å². The van der Waals surface area contributed by atoms with Crippen LogP contribution < -0.4 is 10.6 Å². The van der Waals surface area contributed by atoms with Gasteiger partial charge in [0.2, 0.25) is 5.91 Å². The standard InChI is InChI=1S/C26H33N3O2/c1-18-5-3-7-21(13-18)20-9-11-24(12-10-20)29-16-23(17-29)28-25(30)15-27-26(31)22-8-4-6-19(2)14-22/h3-8,13-14,20,23-24H,9-12,15-17H2,1-2H3,(H,27,31)(H,28,30)/t20-,24+. The highest BCUT2D eigenvalue weighted by Crippen LogP contribution is 2.36. The highest BCUT2D eigenvalue weighted by Gasteiger charge is 2.35. The summed E-state index contributed by atoms with van der Waals surface area (Å²) in [7, 11) is 0. The quantitative estimate of drug-likeness (QED) is 0.753. The van der Waals surface area contributed by atoms with E-state index in [2.05, 4.69) is 46.7 Å². The van der Waals surface area contributed by atoms with Crippen LogP contribution in [0.2, 0.25) is 0 Å². The summed E-state index contributed by atoms with van der Waals surface area (Å²) in [6.45, 7) is 5.96. The number of carbonyl (C=O) groups excluding carboxylic acids is 2. The van der Waals surface area contributed by atoms with E-state index < -0.39 is 0 Å². The molecule has 5 nitrogen and oxygen atoms in total. The van der Waals surface area contributed by atoms with E-state index >= 15 is 0 Å². The van der Waals surface area contributed by atoms with Crippen LogP contribution in [0.15, 0.2) is 48.5 Å². The number of aryl methyl sites for hydroxylation is 2. The monoisotopic (exact) mass is 419 g/mol. The Bertz CT molecular complexity index is 928. The molecule has 1 heterocycles. The van der Waals surface area contributed by atoms with Crippen molar-refractivity contribution >= 4 is 11.8 Å². The number of hydrogen-bond donors (Lipinski definition) is 2. The van der Waals surface area contributed by atoms with Gasteiger partial charge in [-0.15, -0.1) is 0 Å². The third-order valence-electron chi connectivity index (χ3n) is 6.69. The fraction of sp³-hybridized carbons (Fsp3) is 0.462. The molecule has 164 valence electrons. The smallest absolute Gasteiger partial charge is 0.251 e. The Morgan fingerprint density at radius 3 is 2.29 bits per heavy atom. The van der Waals surface area contributed by atoms with E-state index in [9.17, 15) is 9.59 Å². The van der Waals surface area contributed by atoms with Gasteiger partial charge in [0.25, 0.3) is 5.91 Å². The predicted octanol–water partition coefficient (Wildman–Crippen LogP) is 3.56. The minimum Gasteiger partial charge on any atom is -0.349 e. The van der Waals surface area contributed by atoms with Crippen molar-refractivity contribution in [2.75, 3.05) is 19.6 Å². The Morgan fingerprint density at radius 2 is 1.61 bits per heavy atom. The number of likely N-dealkylation sites (tertiary alicyclic amines) is 1. The minimum absolute atomic E-state index is 0.0187. The molecule has 2 fully saturated rings. The number of hydrogen-bond acceptors (Lipinski definition) is 3. The molecule has 2 aliphatic rings. The maximum absolute atomic E-state index is 12.2. The highest BCUT2D eigenvalue weighted by molar-refractivity contribution is 5.96. The van der Waals surface area contributed by atoms with Crippen molar-refractivity contribution in [3.8, 4) is 0 Å². The molecular formula is C26H33N3O2. The van der Waals surface area contributed by atoms with Gasteiger partial charge < -0.3 is 10.6 Å². The van der Waals surface area contributed by atoms with Gasteiger partial charge in [-0.25, -0.2) is 0 Å². The fourth-order valence-electron chi connectivity index (χ4n) is 4.93. The first-order valence-corrected chi connectivity index (χ1v) is 11.4. The molecule has 0 spiro atoms. The second-order valence-corrected chi connectivity index (χ2v) is 9.19. The normalized spacial score (nSPS) is 21.9. The Balaban J connectivity index is 1.15. The van der Waals surface area contributed by atoms with Gasteiger partial charge in [-0.2, -0.15) is 0 Å². The summed E-state index contributed by atoms with van der Waals surface area (Å²) in [5.41, 5.74) is 4.44. The average Bonchev–Trinajstić information content (AvgIpc) is 2.74. The van der Waals surface area contributed by atoms with E-state index in [4.69, 9.17) is 0 Å². The van der Waals surface area contributed by atoms with Crippen molar-refractivity contribution in [3.63, 3.8) is 0 Å². The number of amides is 2. The molecule has 0 radical (unpaired) electrons. The summed E-state index contributed by atoms with van der Waals surface area (Å²) in [4.78, 5) is 26.9. The van der Waals surface area contributed by atoms with E-state index in [1.807, 2.05) is 25.1 Å². The molecule has 2 aromatic rings. The molecular weight excluding hydrogens is 386 g/mol. The van der Waals surface area contributed by atoms with Gasteiger partial charge in [-0.1, -0.05) is 47.5 Å². The zero-order valence-electron chi connectivity index (χ0n) is 18.6. The first kappa shape index (κ1) is 21.6. The Kier molecular flexibility index (Phi) is 6.71. The molecule has 4 rings (SSSR count). The second kappa shape index (κ2) is 9.65. The minimum atomic E-state index is -0.209. The van der Waals surface area contributed by atoms with Crippen LogP contribution in [-0.2, 0) is 4.79 Å². The van der Waals surface area contributed by atoms with Gasteiger partial charge in [0.05, 0.1) is 12.6 Å². The summed E-state index contributed by atoms with van der Waals surface area (Å²) in [6, 6.07) is 17.1. The summed E-state index contributed by atoms with van der Waals surface area (Å²) >= 11 is 0. The van der Waals surface area contributed by atoms with Gasteiger partial charge >= 0.3 is 0 Å². The molecule has 2 amide bonds. The van der Waals surface area contributed by atoms with E-state index in [0.29, 0.717) is 17.5 Å². The van der Waals surface area contributed by atoms with Crippen molar-refractivity contribution in [2.24, 2.45) is 0 Å². The Hall–Kier alpha value is -2.66. The zero-order chi connectivity index (χ0) is 21.8. The van der Waals surface area contributed by atoms with Crippen molar-refractivity contribution in [1.82, 2.24) is 15.5 Å². The molecule has 0 unspecified atom stereocenters. The fourth-order valence-corrected chi connectivity index (χ4v) is 4.93. The van der Waals surface area contributed by atoms with Gasteiger partial charge in [0.1, 0.15) is 0 Å². The number of carbonyl (C=O) groups is 2. The Morgan fingerprint density at radius 1 is 0.935 bits per heavy atom. The van der Waals surface area contributed by atoms with Crippen molar-refractivity contribution in [1.29, 1.82) is 0 Å². The van der Waals surface area contributed by atoms with Crippen LogP contribution in [0.1, 0.15) is 58.6 Å². The maximum Gasteiger partial charge on any atom is 0.251 e. The molecule has 1 aliphatic heterocycles. The van der Waals surface area contributed by atoms with E-state index in [-0.39, 0.29) is 24.4 Å². The molecule has 1 saturated carbocycles. The largest absolute Gasteiger partial charge is 0.349 e. The van der Waals surface area contributed by atoms with Crippen LogP contribution >= 0.6 is 0 Å². The van der Waals surface area contributed by atoms with Crippen molar-refractivity contribution in [3.05, 3.63) is 70.8 Å². The third-order valence-corrected chi connectivity index (χ3v) is 6.69. The first-order valence-electron chi connectivity index (χ1n) is 11.4. The van der Waals surface area contributed by atoms with Crippen LogP contribution in [0.5, 0.6) is 0 Å². The number of nitrogens with one attached hydrogen (secondary N) is 2. The molecule has 31 heavy (non-hydrogen) atoms. The SMILES string of the molecule is Cc1cccc(C(=O)NCC(=O)NC2CN([C@H]3CC[C@@H](c4cccc(C)c4)CC3)C2)c1. The van der Waals surface area contributed by atoms with Crippen LogP contribution in [0.3, 0.4) is 0 Å². The second-order valence-electron chi connectivity index (χ2n) is 9.19. The molecule has 0 bridgehead atoms. The number of nitrogens with zero attached hydrogens (tertiary/aromatic N) is 1. The van der Waals surface area contributed by atoms with Gasteiger partial charge in [-0.3, -0.25) is 14.5 Å². The third kappa shape index (κ3) is 5.53. The first-order chi connectivity index (χ1) is 15.0. The van der Waals surface area contributed by atoms with E-state index in [1.165, 1.54) is 36.8 Å². The molecule has 0 atom stereocenters. The molecule has 1 saturated heterocycles. The topological polar surface area (TPSA) is 61.4 Å². The van der Waals surface area contributed by atoms with Crippen LogP contribution in [0, 0.1) is 13.8 Å². The number of rotatable bonds is 6. The van der Waals surface area contributed by atoms with Crippen LogP contribution in [0.4, 0.5) is 0 Å². The van der Waals surface area contributed by atoms with E-state index in [0.717, 1.165) is 18.7 Å².